The normalized spacial score (nSPS) is 11.1. The number of aromatic amines is 1. The van der Waals surface area contributed by atoms with Gasteiger partial charge in [-0.1, -0.05) is 35.3 Å². The number of hydrogen-bond donors (Lipinski definition) is 2. The number of fused-ring (bicyclic) bond motifs is 1. The molecule has 2 aromatic heterocycles. The number of benzene rings is 2. The Morgan fingerprint density at radius 1 is 0.958 bits per heavy atom. The van der Waals surface area contributed by atoms with Gasteiger partial charge in [0.1, 0.15) is 5.82 Å². The second-order valence-electron chi connectivity index (χ2n) is 5.39. The van der Waals surface area contributed by atoms with Crippen LogP contribution in [0.2, 0.25) is 10.0 Å². The van der Waals surface area contributed by atoms with Gasteiger partial charge in [-0.3, -0.25) is 4.98 Å². The summed E-state index contributed by atoms with van der Waals surface area (Å²) in [6.45, 7) is 0. The molecule has 0 aliphatic rings. The van der Waals surface area contributed by atoms with E-state index in [9.17, 15) is 0 Å². The molecule has 0 aliphatic carbocycles. The van der Waals surface area contributed by atoms with Gasteiger partial charge in [0.15, 0.2) is 0 Å². The van der Waals surface area contributed by atoms with Gasteiger partial charge in [0.2, 0.25) is 0 Å². The Balaban J connectivity index is 1.89. The van der Waals surface area contributed by atoms with Gasteiger partial charge in [0.25, 0.3) is 0 Å². The number of nitrogens with two attached hydrogens (primary N) is 1. The molecule has 0 radical (unpaired) electrons. The van der Waals surface area contributed by atoms with Crippen LogP contribution in [0.15, 0.2) is 54.7 Å². The largest absolute Gasteiger partial charge is 0.399 e. The molecule has 6 heteroatoms. The molecule has 4 aromatic rings. The summed E-state index contributed by atoms with van der Waals surface area (Å²) in [5.41, 5.74) is 10.8. The van der Waals surface area contributed by atoms with Gasteiger partial charge in [-0.05, 0) is 36.4 Å². The quantitative estimate of drug-likeness (QED) is 0.487. The van der Waals surface area contributed by atoms with Crippen LogP contribution in [0.4, 0.5) is 5.69 Å². The Kier molecular flexibility index (Phi) is 3.63. The van der Waals surface area contributed by atoms with Crippen molar-refractivity contribution in [2.75, 3.05) is 5.73 Å². The maximum Gasteiger partial charge on any atom is 0.140 e. The lowest BCUT2D eigenvalue weighted by atomic mass is 10.1. The van der Waals surface area contributed by atoms with Crippen LogP contribution in [0.1, 0.15) is 0 Å². The van der Waals surface area contributed by atoms with Crippen molar-refractivity contribution in [3.05, 3.63) is 64.8 Å². The van der Waals surface area contributed by atoms with E-state index in [1.165, 1.54) is 0 Å². The molecule has 118 valence electrons. The maximum absolute atomic E-state index is 6.08. The number of pyridine rings is 1. The summed E-state index contributed by atoms with van der Waals surface area (Å²) in [6.07, 6.45) is 1.76. The van der Waals surface area contributed by atoms with Crippen LogP contribution in [0.5, 0.6) is 0 Å². The van der Waals surface area contributed by atoms with E-state index in [2.05, 4.69) is 15.0 Å². The van der Waals surface area contributed by atoms with Crippen molar-refractivity contribution >= 4 is 39.9 Å². The first kappa shape index (κ1) is 15.0. The van der Waals surface area contributed by atoms with Gasteiger partial charge in [0.05, 0.1) is 26.8 Å². The van der Waals surface area contributed by atoms with Crippen molar-refractivity contribution < 1.29 is 0 Å². The summed E-state index contributed by atoms with van der Waals surface area (Å²) in [5.74, 6) is 0.711. The highest BCUT2D eigenvalue weighted by Crippen LogP contribution is 2.32. The standard InChI is InChI=1S/C18H12Cl2N4/c19-13-8-15-16(9-14(13)20)24-18(23-15)12-2-1-7-22-17(12)10-3-5-11(21)6-4-10/h1-9H,21H2,(H,23,24). The number of rotatable bonds is 2. The van der Waals surface area contributed by atoms with Crippen LogP contribution in [-0.4, -0.2) is 15.0 Å². The summed E-state index contributed by atoms with van der Waals surface area (Å²) < 4.78 is 0. The summed E-state index contributed by atoms with van der Waals surface area (Å²) in [4.78, 5) is 12.4. The first-order valence-electron chi connectivity index (χ1n) is 7.28. The zero-order chi connectivity index (χ0) is 16.7. The minimum atomic E-state index is 0.479. The van der Waals surface area contributed by atoms with E-state index in [0.717, 1.165) is 27.9 Å². The van der Waals surface area contributed by atoms with Gasteiger partial charge >= 0.3 is 0 Å². The number of hydrogen-bond acceptors (Lipinski definition) is 3. The third-order valence-corrected chi connectivity index (χ3v) is 4.49. The summed E-state index contributed by atoms with van der Waals surface area (Å²) in [6, 6.07) is 15.0. The molecular formula is C18H12Cl2N4. The molecule has 3 N–H and O–H groups in total. The zero-order valence-electron chi connectivity index (χ0n) is 12.4. The summed E-state index contributed by atoms with van der Waals surface area (Å²) >= 11 is 12.2. The number of anilines is 1. The lowest BCUT2D eigenvalue weighted by molar-refractivity contribution is 1.27. The van der Waals surface area contributed by atoms with Crippen molar-refractivity contribution in [1.29, 1.82) is 0 Å². The first-order chi connectivity index (χ1) is 11.6. The van der Waals surface area contributed by atoms with Gasteiger partial charge in [-0.25, -0.2) is 4.98 Å². The van der Waals surface area contributed by atoms with E-state index in [-0.39, 0.29) is 0 Å². The summed E-state index contributed by atoms with van der Waals surface area (Å²) in [7, 11) is 0. The van der Waals surface area contributed by atoms with Gasteiger partial charge < -0.3 is 10.7 Å². The molecule has 0 fully saturated rings. The molecule has 0 unspecified atom stereocenters. The van der Waals surface area contributed by atoms with Gasteiger partial charge in [-0.2, -0.15) is 0 Å². The van der Waals surface area contributed by atoms with Crippen molar-refractivity contribution in [1.82, 2.24) is 15.0 Å². The number of nitrogens with one attached hydrogen (secondary N) is 1. The molecule has 24 heavy (non-hydrogen) atoms. The van der Waals surface area contributed by atoms with E-state index in [1.807, 2.05) is 36.4 Å². The number of H-pyrrole nitrogens is 1. The van der Waals surface area contributed by atoms with Crippen molar-refractivity contribution in [3.8, 4) is 22.6 Å². The molecule has 4 rings (SSSR count). The van der Waals surface area contributed by atoms with E-state index in [4.69, 9.17) is 28.9 Å². The van der Waals surface area contributed by atoms with Crippen LogP contribution < -0.4 is 5.73 Å². The monoisotopic (exact) mass is 354 g/mol. The average molecular weight is 355 g/mol. The topological polar surface area (TPSA) is 67.6 Å². The highest BCUT2D eigenvalue weighted by atomic mass is 35.5. The second kappa shape index (κ2) is 5.82. The van der Waals surface area contributed by atoms with E-state index < -0.39 is 0 Å². The van der Waals surface area contributed by atoms with Crippen molar-refractivity contribution in [2.24, 2.45) is 0 Å². The Bertz CT molecular complexity index is 1000. The molecule has 0 atom stereocenters. The minimum absolute atomic E-state index is 0.479. The molecular weight excluding hydrogens is 343 g/mol. The Hall–Kier alpha value is -2.56. The van der Waals surface area contributed by atoms with Gasteiger partial charge in [0, 0.05) is 23.0 Å². The van der Waals surface area contributed by atoms with E-state index >= 15 is 0 Å². The third-order valence-electron chi connectivity index (χ3n) is 3.77. The third kappa shape index (κ3) is 2.60. The number of nitrogen functional groups attached to an aromatic ring is 1. The second-order valence-corrected chi connectivity index (χ2v) is 6.20. The molecule has 0 spiro atoms. The number of halogens is 2. The van der Waals surface area contributed by atoms with E-state index in [0.29, 0.717) is 21.6 Å². The molecule has 2 heterocycles. The first-order valence-corrected chi connectivity index (χ1v) is 8.03. The number of nitrogens with zero attached hydrogens (tertiary/aromatic N) is 2. The maximum atomic E-state index is 6.08. The van der Waals surface area contributed by atoms with Crippen LogP contribution in [0, 0.1) is 0 Å². The van der Waals surface area contributed by atoms with Crippen molar-refractivity contribution in [3.63, 3.8) is 0 Å². The van der Waals surface area contributed by atoms with Crippen LogP contribution in [0.3, 0.4) is 0 Å². The number of aromatic nitrogens is 3. The van der Waals surface area contributed by atoms with Crippen LogP contribution >= 0.6 is 23.2 Å². The predicted molar refractivity (Wildman–Crippen MR) is 99.2 cm³/mol. The lowest BCUT2D eigenvalue weighted by Gasteiger charge is -2.06. The number of imidazole rings is 1. The Morgan fingerprint density at radius 2 is 1.71 bits per heavy atom. The minimum Gasteiger partial charge on any atom is -0.399 e. The Morgan fingerprint density at radius 3 is 2.50 bits per heavy atom. The molecule has 0 saturated heterocycles. The molecule has 4 nitrogen and oxygen atoms in total. The highest BCUT2D eigenvalue weighted by molar-refractivity contribution is 6.42. The molecule has 0 amide bonds. The molecule has 0 saturated carbocycles. The van der Waals surface area contributed by atoms with Gasteiger partial charge in [-0.15, -0.1) is 0 Å². The Labute approximate surface area is 148 Å². The predicted octanol–water partition coefficient (Wildman–Crippen LogP) is 5.18. The lowest BCUT2D eigenvalue weighted by Crippen LogP contribution is -1.91. The fraction of sp³-hybridized carbons (Fsp3) is 0. The smallest absolute Gasteiger partial charge is 0.140 e. The molecule has 0 bridgehead atoms. The van der Waals surface area contributed by atoms with Crippen molar-refractivity contribution in [2.45, 2.75) is 0 Å². The average Bonchev–Trinajstić information content (AvgIpc) is 2.98. The fourth-order valence-corrected chi connectivity index (χ4v) is 2.92. The molecule has 2 aromatic carbocycles. The van der Waals surface area contributed by atoms with E-state index in [1.54, 1.807) is 18.3 Å². The zero-order valence-corrected chi connectivity index (χ0v) is 13.9. The fourth-order valence-electron chi connectivity index (χ4n) is 2.60. The summed E-state index contributed by atoms with van der Waals surface area (Å²) in [5, 5.41) is 0.969. The highest BCUT2D eigenvalue weighted by Gasteiger charge is 2.13. The SMILES string of the molecule is Nc1ccc(-c2ncccc2-c2nc3cc(Cl)c(Cl)cc3[nH]2)cc1. The molecule has 0 aliphatic heterocycles. The van der Waals surface area contributed by atoms with Crippen LogP contribution in [0.25, 0.3) is 33.7 Å². The van der Waals surface area contributed by atoms with Crippen LogP contribution in [-0.2, 0) is 0 Å².